The summed E-state index contributed by atoms with van der Waals surface area (Å²) in [6.07, 6.45) is 3.22. The first-order valence-corrected chi connectivity index (χ1v) is 11.5. The van der Waals surface area contributed by atoms with Crippen LogP contribution in [0.1, 0.15) is 5.56 Å². The zero-order chi connectivity index (χ0) is 19.7. The minimum atomic E-state index is -3.37. The molecule has 8 heteroatoms. The first-order chi connectivity index (χ1) is 13.4. The third kappa shape index (κ3) is 4.27. The highest BCUT2D eigenvalue weighted by Crippen LogP contribution is 2.29. The first-order valence-electron chi connectivity index (χ1n) is 9.19. The van der Waals surface area contributed by atoms with Crippen molar-refractivity contribution in [3.63, 3.8) is 0 Å². The van der Waals surface area contributed by atoms with Gasteiger partial charge in [0.2, 0.25) is 10.0 Å². The zero-order valence-corrected chi connectivity index (χ0v) is 17.2. The van der Waals surface area contributed by atoms with Crippen molar-refractivity contribution in [2.24, 2.45) is 0 Å². The molecule has 0 atom stereocenters. The number of halogens is 1. The largest absolute Gasteiger partial charge is 0.369 e. The predicted molar refractivity (Wildman–Crippen MR) is 116 cm³/mol. The molecular weight excluding hydrogens is 396 g/mol. The molecule has 2 heterocycles. The van der Waals surface area contributed by atoms with Gasteiger partial charge in [-0.25, -0.2) is 8.42 Å². The minimum Gasteiger partial charge on any atom is -0.369 e. The number of benzene rings is 2. The Morgan fingerprint density at radius 2 is 1.86 bits per heavy atom. The van der Waals surface area contributed by atoms with Gasteiger partial charge < -0.3 is 9.88 Å². The standard InChI is InChI=1S/C20H23ClN4O2S/c1-28(26,27)23-20-12-16(6-7-18(20)21)25-10-8-24(9-11-25)14-15-13-22-19-5-3-2-4-17(15)19/h2-7,12-13,22-23H,8-11,14H2,1H3. The summed E-state index contributed by atoms with van der Waals surface area (Å²) in [5.41, 5.74) is 3.88. The van der Waals surface area contributed by atoms with E-state index < -0.39 is 10.0 Å². The summed E-state index contributed by atoms with van der Waals surface area (Å²) < 4.78 is 25.6. The van der Waals surface area contributed by atoms with Crippen molar-refractivity contribution >= 4 is 43.9 Å². The van der Waals surface area contributed by atoms with Crippen molar-refractivity contribution in [3.05, 3.63) is 59.2 Å². The van der Waals surface area contributed by atoms with E-state index in [1.807, 2.05) is 12.1 Å². The quantitative estimate of drug-likeness (QED) is 0.665. The number of nitrogens with one attached hydrogen (secondary N) is 2. The van der Waals surface area contributed by atoms with Crippen LogP contribution in [-0.4, -0.2) is 50.7 Å². The van der Waals surface area contributed by atoms with Crippen molar-refractivity contribution < 1.29 is 8.42 Å². The summed E-state index contributed by atoms with van der Waals surface area (Å²) in [5.74, 6) is 0. The molecule has 0 amide bonds. The third-order valence-corrected chi connectivity index (χ3v) is 5.97. The van der Waals surface area contributed by atoms with E-state index in [1.54, 1.807) is 12.1 Å². The van der Waals surface area contributed by atoms with E-state index in [0.29, 0.717) is 10.7 Å². The Kier molecular flexibility index (Phi) is 5.23. The molecule has 3 aromatic rings. The zero-order valence-electron chi connectivity index (χ0n) is 15.7. The lowest BCUT2D eigenvalue weighted by molar-refractivity contribution is 0.250. The summed E-state index contributed by atoms with van der Waals surface area (Å²) in [4.78, 5) is 8.04. The number of anilines is 2. The lowest BCUT2D eigenvalue weighted by Crippen LogP contribution is -2.45. The van der Waals surface area contributed by atoms with Gasteiger partial charge in [0.25, 0.3) is 0 Å². The Balaban J connectivity index is 1.42. The molecule has 1 aromatic heterocycles. The molecular formula is C20H23ClN4O2S. The summed E-state index contributed by atoms with van der Waals surface area (Å²) >= 11 is 6.13. The molecule has 148 valence electrons. The van der Waals surface area contributed by atoms with Crippen LogP contribution >= 0.6 is 11.6 Å². The van der Waals surface area contributed by atoms with Gasteiger partial charge in [0.1, 0.15) is 0 Å². The van der Waals surface area contributed by atoms with Gasteiger partial charge in [0.05, 0.1) is 17.0 Å². The van der Waals surface area contributed by atoms with E-state index >= 15 is 0 Å². The van der Waals surface area contributed by atoms with Gasteiger partial charge in [-0.1, -0.05) is 29.8 Å². The average Bonchev–Trinajstić information content (AvgIpc) is 3.06. The molecule has 2 N–H and O–H groups in total. The molecule has 1 aliphatic rings. The highest BCUT2D eigenvalue weighted by atomic mass is 35.5. The smallest absolute Gasteiger partial charge is 0.229 e. The van der Waals surface area contributed by atoms with E-state index in [1.165, 1.54) is 16.5 Å². The van der Waals surface area contributed by atoms with E-state index in [-0.39, 0.29) is 0 Å². The van der Waals surface area contributed by atoms with Crippen molar-refractivity contribution in [2.75, 3.05) is 42.1 Å². The van der Waals surface area contributed by atoms with Crippen LogP contribution in [0.2, 0.25) is 5.02 Å². The van der Waals surface area contributed by atoms with Crippen molar-refractivity contribution in [3.8, 4) is 0 Å². The fraction of sp³-hybridized carbons (Fsp3) is 0.300. The van der Waals surface area contributed by atoms with Crippen molar-refractivity contribution in [2.45, 2.75) is 6.54 Å². The maximum atomic E-state index is 11.5. The molecule has 4 rings (SSSR count). The van der Waals surface area contributed by atoms with E-state index in [2.05, 4.69) is 43.9 Å². The maximum absolute atomic E-state index is 11.5. The number of aromatic nitrogens is 1. The fourth-order valence-corrected chi connectivity index (χ4v) is 4.44. The number of H-pyrrole nitrogens is 1. The monoisotopic (exact) mass is 418 g/mol. The van der Waals surface area contributed by atoms with Crippen LogP contribution in [0.25, 0.3) is 10.9 Å². The number of fused-ring (bicyclic) bond motifs is 1. The molecule has 1 fully saturated rings. The second kappa shape index (κ2) is 7.66. The van der Waals surface area contributed by atoms with Crippen LogP contribution < -0.4 is 9.62 Å². The summed E-state index contributed by atoms with van der Waals surface area (Å²) in [6, 6.07) is 13.8. The Morgan fingerprint density at radius 3 is 2.61 bits per heavy atom. The van der Waals surface area contributed by atoms with E-state index in [4.69, 9.17) is 11.6 Å². The summed E-state index contributed by atoms with van der Waals surface area (Å²) in [5, 5.41) is 1.67. The van der Waals surface area contributed by atoms with Gasteiger partial charge in [-0.05, 0) is 29.8 Å². The van der Waals surface area contributed by atoms with Gasteiger partial charge in [0.15, 0.2) is 0 Å². The first kappa shape index (κ1) is 19.1. The van der Waals surface area contributed by atoms with Gasteiger partial charge in [0, 0.05) is 55.5 Å². The lowest BCUT2D eigenvalue weighted by Gasteiger charge is -2.36. The molecule has 1 saturated heterocycles. The highest BCUT2D eigenvalue weighted by Gasteiger charge is 2.19. The Morgan fingerprint density at radius 1 is 1.11 bits per heavy atom. The molecule has 28 heavy (non-hydrogen) atoms. The van der Waals surface area contributed by atoms with Crippen LogP contribution in [0.5, 0.6) is 0 Å². The number of aromatic amines is 1. The number of nitrogens with zero attached hydrogens (tertiary/aromatic N) is 2. The highest BCUT2D eigenvalue weighted by molar-refractivity contribution is 7.92. The Labute approximate surface area is 170 Å². The molecule has 0 radical (unpaired) electrons. The van der Waals surface area contributed by atoms with Gasteiger partial charge in [-0.2, -0.15) is 0 Å². The molecule has 1 aliphatic heterocycles. The molecule has 0 bridgehead atoms. The van der Waals surface area contributed by atoms with Gasteiger partial charge >= 0.3 is 0 Å². The lowest BCUT2D eigenvalue weighted by atomic mass is 10.1. The Bertz CT molecular complexity index is 1090. The second-order valence-corrected chi connectivity index (χ2v) is 9.32. The average molecular weight is 419 g/mol. The van der Waals surface area contributed by atoms with E-state index in [0.717, 1.165) is 44.7 Å². The molecule has 0 spiro atoms. The second-order valence-electron chi connectivity index (χ2n) is 7.16. The molecule has 0 saturated carbocycles. The predicted octanol–water partition coefficient (Wildman–Crippen LogP) is 3.52. The SMILES string of the molecule is CS(=O)(=O)Nc1cc(N2CCN(Cc3c[nH]c4ccccc34)CC2)ccc1Cl. The number of sulfonamides is 1. The number of para-hydroxylation sites is 1. The van der Waals surface area contributed by atoms with Crippen LogP contribution in [-0.2, 0) is 16.6 Å². The van der Waals surface area contributed by atoms with E-state index in [9.17, 15) is 8.42 Å². The Hall–Kier alpha value is -2.22. The van der Waals surface area contributed by atoms with Crippen LogP contribution in [0.3, 0.4) is 0 Å². The fourth-order valence-electron chi connectivity index (χ4n) is 3.66. The third-order valence-electron chi connectivity index (χ3n) is 5.05. The number of piperazine rings is 1. The molecule has 6 nitrogen and oxygen atoms in total. The molecule has 0 unspecified atom stereocenters. The van der Waals surface area contributed by atoms with Gasteiger partial charge in [-0.3, -0.25) is 9.62 Å². The van der Waals surface area contributed by atoms with Crippen LogP contribution in [0, 0.1) is 0 Å². The number of rotatable bonds is 5. The van der Waals surface area contributed by atoms with Crippen LogP contribution in [0.4, 0.5) is 11.4 Å². The maximum Gasteiger partial charge on any atom is 0.229 e. The number of hydrogen-bond donors (Lipinski definition) is 2. The normalized spacial score (nSPS) is 15.9. The summed E-state index contributed by atoms with van der Waals surface area (Å²) in [6.45, 7) is 4.55. The van der Waals surface area contributed by atoms with Crippen molar-refractivity contribution in [1.82, 2.24) is 9.88 Å². The topological polar surface area (TPSA) is 68.4 Å². The minimum absolute atomic E-state index is 0.396. The number of hydrogen-bond acceptors (Lipinski definition) is 4. The van der Waals surface area contributed by atoms with Crippen molar-refractivity contribution in [1.29, 1.82) is 0 Å². The van der Waals surface area contributed by atoms with Gasteiger partial charge in [-0.15, -0.1) is 0 Å². The summed E-state index contributed by atoms with van der Waals surface area (Å²) in [7, 11) is -3.37. The molecule has 2 aromatic carbocycles. The van der Waals surface area contributed by atoms with Crippen LogP contribution in [0.15, 0.2) is 48.7 Å². The molecule has 0 aliphatic carbocycles.